The Kier molecular flexibility index (Phi) is 6.90. The van der Waals surface area contributed by atoms with Crippen molar-refractivity contribution < 1.29 is 36.2 Å². The van der Waals surface area contributed by atoms with E-state index < -0.39 is 29.6 Å². The molecule has 0 spiro atoms. The van der Waals surface area contributed by atoms with E-state index in [0.29, 0.717) is 25.9 Å². The first-order valence-electron chi connectivity index (χ1n) is 10.9. The molecule has 2 aromatic carbocycles. The average molecular weight is 510 g/mol. The summed E-state index contributed by atoms with van der Waals surface area (Å²) in [5.41, 5.74) is -1.21. The number of aliphatic hydroxyl groups is 1. The molecule has 1 saturated heterocycles. The molecule has 4 rings (SSSR count). The maximum atomic E-state index is 13.0. The van der Waals surface area contributed by atoms with Crippen LogP contribution in [0.3, 0.4) is 0 Å². The largest absolute Gasteiger partial charge is 0.416 e. The van der Waals surface area contributed by atoms with Crippen LogP contribution in [0.4, 0.5) is 26.3 Å². The number of rotatable bonds is 4. The third-order valence-corrected chi connectivity index (χ3v) is 5.71. The summed E-state index contributed by atoms with van der Waals surface area (Å²) >= 11 is 0. The first-order chi connectivity index (χ1) is 16.9. The van der Waals surface area contributed by atoms with Crippen LogP contribution in [0.25, 0.3) is 29.0 Å². The fraction of sp³-hybridized carbons (Fsp3) is 0.292. The molecule has 1 amide bonds. The van der Waals surface area contributed by atoms with Crippen molar-refractivity contribution in [3.63, 3.8) is 0 Å². The van der Waals surface area contributed by atoms with Crippen molar-refractivity contribution in [2.75, 3.05) is 13.1 Å². The van der Waals surface area contributed by atoms with E-state index in [1.54, 1.807) is 0 Å². The zero-order chi connectivity index (χ0) is 26.1. The second kappa shape index (κ2) is 9.76. The van der Waals surface area contributed by atoms with Gasteiger partial charge in [-0.2, -0.15) is 26.3 Å². The zero-order valence-electron chi connectivity index (χ0n) is 18.6. The van der Waals surface area contributed by atoms with Crippen LogP contribution < -0.4 is 0 Å². The maximum absolute atomic E-state index is 13.0. The summed E-state index contributed by atoms with van der Waals surface area (Å²) < 4.78 is 78.8. The molecular formula is C24H20F6N4O2. The van der Waals surface area contributed by atoms with E-state index in [0.717, 1.165) is 24.3 Å². The van der Waals surface area contributed by atoms with Gasteiger partial charge in [-0.25, -0.2) is 9.67 Å². The highest BCUT2D eigenvalue weighted by Gasteiger charge is 2.31. The van der Waals surface area contributed by atoms with Crippen LogP contribution >= 0.6 is 0 Å². The molecule has 190 valence electrons. The summed E-state index contributed by atoms with van der Waals surface area (Å²) in [7, 11) is 0. The van der Waals surface area contributed by atoms with Crippen LogP contribution in [0.5, 0.6) is 0 Å². The Labute approximate surface area is 201 Å². The van der Waals surface area contributed by atoms with Crippen LogP contribution in [0.1, 0.15) is 24.0 Å². The van der Waals surface area contributed by atoms with E-state index in [4.69, 9.17) is 0 Å². The van der Waals surface area contributed by atoms with Gasteiger partial charge in [0.2, 0.25) is 5.91 Å². The highest BCUT2D eigenvalue weighted by atomic mass is 19.4. The lowest BCUT2D eigenvalue weighted by molar-refractivity contribution is -0.138. The molecule has 0 atom stereocenters. The average Bonchev–Trinajstić information content (AvgIpc) is 3.26. The van der Waals surface area contributed by atoms with E-state index in [1.165, 1.54) is 46.1 Å². The summed E-state index contributed by atoms with van der Waals surface area (Å²) in [5, 5.41) is 13.9. The lowest BCUT2D eigenvalue weighted by Gasteiger charge is -2.28. The number of hydrogen-bond acceptors (Lipinski definition) is 4. The number of alkyl halides is 6. The van der Waals surface area contributed by atoms with Gasteiger partial charge >= 0.3 is 12.4 Å². The summed E-state index contributed by atoms with van der Waals surface area (Å²) in [6.45, 7) is 0.731. The van der Waals surface area contributed by atoms with Crippen LogP contribution in [0.15, 0.2) is 54.6 Å². The Morgan fingerprint density at radius 2 is 1.36 bits per heavy atom. The Balaban J connectivity index is 1.68. The number of carbonyl (C=O) groups excluding carboxylic acids is 1. The third-order valence-electron chi connectivity index (χ3n) is 5.71. The van der Waals surface area contributed by atoms with Crippen LogP contribution in [-0.4, -0.2) is 49.9 Å². The Hall–Kier alpha value is -3.67. The lowest BCUT2D eigenvalue weighted by Crippen LogP contribution is -2.39. The van der Waals surface area contributed by atoms with Gasteiger partial charge in [0.25, 0.3) is 0 Å². The number of carbonyl (C=O) groups is 1. The van der Waals surface area contributed by atoms with Crippen molar-refractivity contribution in [1.82, 2.24) is 19.7 Å². The second-order valence-corrected chi connectivity index (χ2v) is 8.23. The lowest BCUT2D eigenvalue weighted by atomic mass is 10.1. The normalized spacial score (nSPS) is 15.6. The van der Waals surface area contributed by atoms with E-state index in [-0.39, 0.29) is 28.7 Å². The van der Waals surface area contributed by atoms with E-state index in [2.05, 4.69) is 10.1 Å². The molecule has 0 aliphatic carbocycles. The standard InChI is InChI=1S/C24H20F6N4O2/c25-23(26,27)17-5-1-15(2-6-17)21-31-22(16-3-7-18(8-4-16)24(28,29)30)34(32-21)14-11-20(36)33-12-9-19(35)10-13-33/h1-8,11,14,19,35H,9-10,12-13H2/b14-11-. The predicted octanol–water partition coefficient (Wildman–Crippen LogP) is 5.10. The van der Waals surface area contributed by atoms with Crippen molar-refractivity contribution >= 4 is 12.1 Å². The first-order valence-corrected chi connectivity index (χ1v) is 10.9. The number of nitrogens with zero attached hydrogens (tertiary/aromatic N) is 4. The Morgan fingerprint density at radius 1 is 0.861 bits per heavy atom. The summed E-state index contributed by atoms with van der Waals surface area (Å²) in [6.07, 6.45) is -6.13. The molecule has 36 heavy (non-hydrogen) atoms. The monoisotopic (exact) mass is 510 g/mol. The van der Waals surface area contributed by atoms with Gasteiger partial charge in [-0.3, -0.25) is 4.79 Å². The molecule has 1 aromatic heterocycles. The van der Waals surface area contributed by atoms with Gasteiger partial charge < -0.3 is 10.0 Å². The molecule has 1 fully saturated rings. The molecule has 1 aliphatic heterocycles. The number of amides is 1. The fourth-order valence-electron chi connectivity index (χ4n) is 3.69. The minimum absolute atomic E-state index is 0.0248. The van der Waals surface area contributed by atoms with E-state index in [1.807, 2.05) is 0 Å². The summed E-state index contributed by atoms with van der Waals surface area (Å²) in [4.78, 5) is 18.4. The van der Waals surface area contributed by atoms with E-state index in [9.17, 15) is 36.2 Å². The number of aromatic nitrogens is 3. The van der Waals surface area contributed by atoms with Crippen molar-refractivity contribution in [2.24, 2.45) is 0 Å². The van der Waals surface area contributed by atoms with Gasteiger partial charge in [0, 0.05) is 36.5 Å². The molecule has 0 saturated carbocycles. The molecule has 0 unspecified atom stereocenters. The number of piperidine rings is 1. The quantitative estimate of drug-likeness (QED) is 0.392. The minimum Gasteiger partial charge on any atom is -0.393 e. The molecule has 1 aliphatic rings. The van der Waals surface area contributed by atoms with Gasteiger partial charge in [0.15, 0.2) is 11.6 Å². The van der Waals surface area contributed by atoms with Crippen molar-refractivity contribution in [2.45, 2.75) is 31.3 Å². The number of likely N-dealkylation sites (tertiary alicyclic amines) is 1. The number of benzene rings is 2. The highest BCUT2D eigenvalue weighted by Crippen LogP contribution is 2.33. The molecule has 12 heteroatoms. The molecule has 6 nitrogen and oxygen atoms in total. The van der Waals surface area contributed by atoms with Gasteiger partial charge in [-0.05, 0) is 37.1 Å². The van der Waals surface area contributed by atoms with Gasteiger partial charge in [-0.1, -0.05) is 24.3 Å². The van der Waals surface area contributed by atoms with Crippen molar-refractivity contribution in [1.29, 1.82) is 0 Å². The van der Waals surface area contributed by atoms with Gasteiger partial charge in [0.1, 0.15) is 0 Å². The van der Waals surface area contributed by atoms with Crippen LogP contribution in [-0.2, 0) is 17.1 Å². The minimum atomic E-state index is -4.54. The van der Waals surface area contributed by atoms with Crippen LogP contribution in [0, 0.1) is 0 Å². The first kappa shape index (κ1) is 25.4. The highest BCUT2D eigenvalue weighted by molar-refractivity contribution is 5.90. The topological polar surface area (TPSA) is 71.2 Å². The third kappa shape index (κ3) is 5.76. The molecule has 2 heterocycles. The molecule has 0 bridgehead atoms. The second-order valence-electron chi connectivity index (χ2n) is 8.23. The van der Waals surface area contributed by atoms with Gasteiger partial charge in [0.05, 0.1) is 17.2 Å². The smallest absolute Gasteiger partial charge is 0.393 e. The molecule has 0 radical (unpaired) electrons. The number of halogens is 6. The van der Waals surface area contributed by atoms with Crippen LogP contribution in [0.2, 0.25) is 0 Å². The SMILES string of the molecule is O=C(/C=C\n1nc(-c2ccc(C(F)(F)F)cc2)nc1-c1ccc(C(F)(F)F)cc1)N1CCC(O)CC1. The van der Waals surface area contributed by atoms with Crippen molar-refractivity contribution in [3.05, 3.63) is 65.7 Å². The number of aliphatic hydroxyl groups excluding tert-OH is 1. The predicted molar refractivity (Wildman–Crippen MR) is 118 cm³/mol. The number of hydrogen-bond donors (Lipinski definition) is 1. The summed E-state index contributed by atoms with van der Waals surface area (Å²) in [6, 6.07) is 8.26. The van der Waals surface area contributed by atoms with E-state index >= 15 is 0 Å². The summed E-state index contributed by atoms with van der Waals surface area (Å²) in [5.74, 6) is -0.236. The molecule has 3 aromatic rings. The van der Waals surface area contributed by atoms with Crippen molar-refractivity contribution in [3.8, 4) is 22.8 Å². The fourth-order valence-corrected chi connectivity index (χ4v) is 3.69. The maximum Gasteiger partial charge on any atom is 0.416 e. The Bertz CT molecular complexity index is 1240. The molecular weight excluding hydrogens is 490 g/mol. The molecule has 1 N–H and O–H groups in total. The Morgan fingerprint density at radius 3 is 1.86 bits per heavy atom. The van der Waals surface area contributed by atoms with Gasteiger partial charge in [-0.15, -0.1) is 5.10 Å². The zero-order valence-corrected chi connectivity index (χ0v) is 18.6.